The van der Waals surface area contributed by atoms with Crippen LogP contribution in [0.5, 0.6) is 0 Å². The van der Waals surface area contributed by atoms with Gasteiger partial charge in [0.1, 0.15) is 5.84 Å². The van der Waals surface area contributed by atoms with E-state index < -0.39 is 0 Å². The van der Waals surface area contributed by atoms with Crippen LogP contribution < -0.4 is 11.1 Å². The molecule has 92 valence electrons. The number of amides is 1. The van der Waals surface area contributed by atoms with E-state index in [9.17, 15) is 4.79 Å². The van der Waals surface area contributed by atoms with E-state index >= 15 is 0 Å². The highest BCUT2D eigenvalue weighted by atomic mass is 16.4. The summed E-state index contributed by atoms with van der Waals surface area (Å²) in [5.41, 5.74) is 5.23. The van der Waals surface area contributed by atoms with Gasteiger partial charge in [0.05, 0.1) is 6.42 Å². The Balaban J connectivity index is 2.20. The van der Waals surface area contributed by atoms with Gasteiger partial charge in [-0.15, -0.1) is 0 Å². The Kier molecular flexibility index (Phi) is 4.54. The molecule has 1 fully saturated rings. The molecule has 0 aromatic carbocycles. The van der Waals surface area contributed by atoms with E-state index in [4.69, 9.17) is 10.9 Å². The fourth-order valence-electron chi connectivity index (χ4n) is 1.51. The summed E-state index contributed by atoms with van der Waals surface area (Å²) in [6.45, 7) is 2.66. The zero-order valence-electron chi connectivity index (χ0n) is 9.81. The van der Waals surface area contributed by atoms with Crippen LogP contribution in [0, 0.1) is 0 Å². The molecule has 0 aromatic rings. The Morgan fingerprint density at radius 1 is 1.69 bits per heavy atom. The normalized spacial score (nSPS) is 18.6. The second kappa shape index (κ2) is 5.69. The third kappa shape index (κ3) is 4.06. The fraction of sp³-hybridized carbons (Fsp3) is 0.800. The van der Waals surface area contributed by atoms with Gasteiger partial charge in [0.15, 0.2) is 0 Å². The molecule has 6 nitrogen and oxygen atoms in total. The molecule has 0 heterocycles. The maximum atomic E-state index is 11.3. The van der Waals surface area contributed by atoms with Crippen molar-refractivity contribution in [1.82, 2.24) is 10.2 Å². The SMILES string of the molecule is CC(CNC(=O)CC(N)=NO)N(C)C1CC1. The second-order valence-corrected chi connectivity index (χ2v) is 4.32. The first-order chi connectivity index (χ1) is 7.54. The molecule has 4 N–H and O–H groups in total. The van der Waals surface area contributed by atoms with E-state index in [1.54, 1.807) is 0 Å². The number of nitrogens with two attached hydrogens (primary N) is 1. The zero-order valence-corrected chi connectivity index (χ0v) is 9.81. The summed E-state index contributed by atoms with van der Waals surface area (Å²) in [6, 6.07) is 0.986. The van der Waals surface area contributed by atoms with Crippen molar-refractivity contribution in [1.29, 1.82) is 0 Å². The number of hydrogen-bond donors (Lipinski definition) is 3. The number of oxime groups is 1. The van der Waals surface area contributed by atoms with Gasteiger partial charge < -0.3 is 16.3 Å². The molecular formula is C10H20N4O2. The number of carbonyl (C=O) groups is 1. The lowest BCUT2D eigenvalue weighted by Gasteiger charge is -2.24. The van der Waals surface area contributed by atoms with Gasteiger partial charge in [0.2, 0.25) is 5.91 Å². The van der Waals surface area contributed by atoms with Crippen molar-refractivity contribution in [2.45, 2.75) is 38.3 Å². The van der Waals surface area contributed by atoms with E-state index in [-0.39, 0.29) is 18.2 Å². The van der Waals surface area contributed by atoms with Gasteiger partial charge in [-0.1, -0.05) is 5.16 Å². The molecule has 0 radical (unpaired) electrons. The molecule has 1 aliphatic rings. The lowest BCUT2D eigenvalue weighted by Crippen LogP contribution is -2.41. The van der Waals surface area contributed by atoms with Crippen LogP contribution in [0.4, 0.5) is 0 Å². The van der Waals surface area contributed by atoms with Gasteiger partial charge in [-0.2, -0.15) is 0 Å². The predicted octanol–water partition coefficient (Wildman–Crippen LogP) is -0.278. The number of rotatable bonds is 6. The van der Waals surface area contributed by atoms with Crippen molar-refractivity contribution in [3.8, 4) is 0 Å². The average Bonchev–Trinajstić information content (AvgIpc) is 3.08. The maximum Gasteiger partial charge on any atom is 0.227 e. The molecule has 1 amide bonds. The average molecular weight is 228 g/mol. The number of likely N-dealkylation sites (N-methyl/N-ethyl adjacent to an activating group) is 1. The Morgan fingerprint density at radius 3 is 2.81 bits per heavy atom. The van der Waals surface area contributed by atoms with E-state index in [2.05, 4.69) is 29.3 Å². The summed E-state index contributed by atoms with van der Waals surface area (Å²) >= 11 is 0. The number of hydrogen-bond acceptors (Lipinski definition) is 4. The Hall–Kier alpha value is -1.30. The molecule has 0 aliphatic heterocycles. The van der Waals surface area contributed by atoms with Gasteiger partial charge in [-0.3, -0.25) is 9.69 Å². The molecule has 6 heteroatoms. The highest BCUT2D eigenvalue weighted by molar-refractivity contribution is 5.98. The van der Waals surface area contributed by atoms with Crippen molar-refractivity contribution in [2.24, 2.45) is 10.9 Å². The van der Waals surface area contributed by atoms with Crippen LogP contribution >= 0.6 is 0 Å². The second-order valence-electron chi connectivity index (χ2n) is 4.32. The molecule has 1 aliphatic carbocycles. The zero-order chi connectivity index (χ0) is 12.1. The van der Waals surface area contributed by atoms with E-state index in [1.807, 2.05) is 0 Å². The van der Waals surface area contributed by atoms with Gasteiger partial charge in [0, 0.05) is 18.6 Å². The van der Waals surface area contributed by atoms with Gasteiger partial charge >= 0.3 is 0 Å². The predicted molar refractivity (Wildman–Crippen MR) is 61.3 cm³/mol. The molecule has 1 atom stereocenters. The third-order valence-corrected chi connectivity index (χ3v) is 2.88. The van der Waals surface area contributed by atoms with Crippen LogP contribution in [0.1, 0.15) is 26.2 Å². The van der Waals surface area contributed by atoms with E-state index in [0.717, 1.165) is 0 Å². The summed E-state index contributed by atoms with van der Waals surface area (Å²) in [6.07, 6.45) is 2.44. The van der Waals surface area contributed by atoms with Crippen molar-refractivity contribution < 1.29 is 10.0 Å². The van der Waals surface area contributed by atoms with Crippen molar-refractivity contribution in [3.05, 3.63) is 0 Å². The van der Waals surface area contributed by atoms with Crippen molar-refractivity contribution >= 4 is 11.7 Å². The third-order valence-electron chi connectivity index (χ3n) is 2.88. The highest BCUT2D eigenvalue weighted by Crippen LogP contribution is 2.26. The Morgan fingerprint density at radius 2 is 2.31 bits per heavy atom. The van der Waals surface area contributed by atoms with Crippen molar-refractivity contribution in [3.63, 3.8) is 0 Å². The van der Waals surface area contributed by atoms with Crippen molar-refractivity contribution in [2.75, 3.05) is 13.6 Å². The molecule has 0 aromatic heterocycles. The van der Waals surface area contributed by atoms with Crippen LogP contribution in [0.2, 0.25) is 0 Å². The minimum atomic E-state index is -0.216. The lowest BCUT2D eigenvalue weighted by molar-refractivity contribution is -0.120. The van der Waals surface area contributed by atoms with Crippen LogP contribution in [-0.4, -0.2) is 47.5 Å². The lowest BCUT2D eigenvalue weighted by atomic mass is 10.2. The number of carbonyl (C=O) groups excluding carboxylic acids is 1. The topological polar surface area (TPSA) is 91.0 Å². The summed E-state index contributed by atoms with van der Waals surface area (Å²) in [5, 5.41) is 13.8. The van der Waals surface area contributed by atoms with Crippen LogP contribution in [0.25, 0.3) is 0 Å². The first-order valence-corrected chi connectivity index (χ1v) is 5.49. The van der Waals surface area contributed by atoms with E-state index in [0.29, 0.717) is 18.6 Å². The van der Waals surface area contributed by atoms with Gasteiger partial charge in [-0.25, -0.2) is 0 Å². The Labute approximate surface area is 95.5 Å². The molecular weight excluding hydrogens is 208 g/mol. The largest absolute Gasteiger partial charge is 0.409 e. The molecule has 0 saturated heterocycles. The standard InChI is InChI=1S/C10H20N4O2/c1-7(14(2)8-3-4-8)6-12-10(15)5-9(11)13-16/h7-8,16H,3-6H2,1-2H3,(H2,11,13)(H,12,15). The molecule has 1 unspecified atom stereocenters. The minimum Gasteiger partial charge on any atom is -0.409 e. The molecule has 16 heavy (non-hydrogen) atoms. The first-order valence-electron chi connectivity index (χ1n) is 5.49. The van der Waals surface area contributed by atoms with Gasteiger partial charge in [0.25, 0.3) is 0 Å². The number of nitrogens with zero attached hydrogens (tertiary/aromatic N) is 2. The smallest absolute Gasteiger partial charge is 0.227 e. The number of nitrogens with one attached hydrogen (secondary N) is 1. The fourth-order valence-corrected chi connectivity index (χ4v) is 1.51. The highest BCUT2D eigenvalue weighted by Gasteiger charge is 2.29. The summed E-state index contributed by atoms with van der Waals surface area (Å²) < 4.78 is 0. The quantitative estimate of drug-likeness (QED) is 0.252. The summed E-state index contributed by atoms with van der Waals surface area (Å²) in [5.74, 6) is -0.285. The van der Waals surface area contributed by atoms with Gasteiger partial charge in [-0.05, 0) is 26.8 Å². The Bertz CT molecular complexity index is 276. The van der Waals surface area contributed by atoms with Crippen LogP contribution in [0.15, 0.2) is 5.16 Å². The van der Waals surface area contributed by atoms with Crippen LogP contribution in [-0.2, 0) is 4.79 Å². The minimum absolute atomic E-state index is 0.0592. The molecule has 0 bridgehead atoms. The molecule has 0 spiro atoms. The first kappa shape index (κ1) is 12.8. The van der Waals surface area contributed by atoms with E-state index in [1.165, 1.54) is 12.8 Å². The molecule has 1 saturated carbocycles. The molecule has 1 rings (SSSR count). The van der Waals surface area contributed by atoms with Crippen LogP contribution in [0.3, 0.4) is 0 Å². The monoisotopic (exact) mass is 228 g/mol. The maximum absolute atomic E-state index is 11.3. The summed E-state index contributed by atoms with van der Waals surface area (Å²) in [7, 11) is 2.07. The summed E-state index contributed by atoms with van der Waals surface area (Å²) in [4.78, 5) is 13.6. The number of amidine groups is 1.